The Bertz CT molecular complexity index is 956. The lowest BCUT2D eigenvalue weighted by Gasteiger charge is -2.07. The zero-order valence-corrected chi connectivity index (χ0v) is 14.6. The number of rotatable bonds is 5. The first-order valence-electron chi connectivity index (χ1n) is 8.46. The van der Waals surface area contributed by atoms with Gasteiger partial charge in [0, 0.05) is 24.0 Å². The Morgan fingerprint density at radius 3 is 2.48 bits per heavy atom. The van der Waals surface area contributed by atoms with Crippen LogP contribution in [0.4, 0.5) is 0 Å². The molecule has 4 heteroatoms. The summed E-state index contributed by atoms with van der Waals surface area (Å²) in [5, 5.41) is 3.82. The van der Waals surface area contributed by atoms with E-state index < -0.39 is 0 Å². The Kier molecular flexibility index (Phi) is 4.98. The Labute approximate surface area is 146 Å². The molecule has 1 heterocycles. The van der Waals surface area contributed by atoms with Crippen LogP contribution in [0.3, 0.4) is 0 Å². The van der Waals surface area contributed by atoms with E-state index in [4.69, 9.17) is 0 Å². The van der Waals surface area contributed by atoms with Crippen LogP contribution in [0.5, 0.6) is 0 Å². The molecule has 0 saturated carbocycles. The second-order valence-corrected chi connectivity index (χ2v) is 6.48. The Morgan fingerprint density at radius 1 is 1.00 bits per heavy atom. The van der Waals surface area contributed by atoms with E-state index >= 15 is 0 Å². The van der Waals surface area contributed by atoms with E-state index in [2.05, 4.69) is 10.3 Å². The van der Waals surface area contributed by atoms with Gasteiger partial charge in [0.25, 0.3) is 5.56 Å². The third-order valence-corrected chi connectivity index (χ3v) is 4.31. The normalized spacial score (nSPS) is 10.8. The second kappa shape index (κ2) is 7.34. The molecule has 3 aromatic rings. The molecule has 0 aliphatic carbocycles. The quantitative estimate of drug-likeness (QED) is 0.751. The predicted octanol–water partition coefficient (Wildman–Crippen LogP) is 3.39. The Hall–Kier alpha value is -2.88. The minimum atomic E-state index is -0.157. The number of benzene rings is 2. The molecule has 128 valence electrons. The van der Waals surface area contributed by atoms with Gasteiger partial charge in [-0.3, -0.25) is 9.59 Å². The van der Waals surface area contributed by atoms with Crippen molar-refractivity contribution in [2.45, 2.75) is 33.2 Å². The van der Waals surface area contributed by atoms with E-state index in [1.54, 1.807) is 0 Å². The number of aromatic amines is 1. The van der Waals surface area contributed by atoms with Crippen molar-refractivity contribution >= 4 is 16.8 Å². The molecule has 0 atom stereocenters. The molecular formula is C21H22N2O2. The molecule has 2 N–H and O–H groups in total. The van der Waals surface area contributed by atoms with Gasteiger partial charge in [0.2, 0.25) is 5.91 Å². The van der Waals surface area contributed by atoms with Gasteiger partial charge in [-0.05, 0) is 49.4 Å². The van der Waals surface area contributed by atoms with Crippen LogP contribution in [0.2, 0.25) is 0 Å². The van der Waals surface area contributed by atoms with Crippen LogP contribution in [-0.2, 0) is 17.8 Å². The van der Waals surface area contributed by atoms with Gasteiger partial charge >= 0.3 is 0 Å². The third kappa shape index (κ3) is 4.35. The zero-order chi connectivity index (χ0) is 17.8. The first-order valence-corrected chi connectivity index (χ1v) is 8.46. The number of hydrogen-bond acceptors (Lipinski definition) is 2. The van der Waals surface area contributed by atoms with E-state index in [1.807, 2.05) is 62.4 Å². The summed E-state index contributed by atoms with van der Waals surface area (Å²) in [5.74, 6) is -0.0516. The standard InChI is InChI=1S/C21H22N2O2/c1-14-3-6-16(7-4-14)8-10-20(24)22-13-18-12-17-11-15(2)5-9-19(17)23-21(18)25/h3-7,9,11-12H,8,10,13H2,1-2H3,(H,22,24)(H,23,25). The molecule has 3 rings (SSSR count). The number of fused-ring (bicyclic) bond motifs is 1. The Morgan fingerprint density at radius 2 is 1.72 bits per heavy atom. The minimum Gasteiger partial charge on any atom is -0.352 e. The molecule has 0 unspecified atom stereocenters. The van der Waals surface area contributed by atoms with Gasteiger partial charge < -0.3 is 10.3 Å². The summed E-state index contributed by atoms with van der Waals surface area (Å²) in [7, 11) is 0. The smallest absolute Gasteiger partial charge is 0.253 e. The highest BCUT2D eigenvalue weighted by molar-refractivity contribution is 5.80. The van der Waals surface area contributed by atoms with Crippen LogP contribution in [0.15, 0.2) is 53.3 Å². The molecule has 4 nitrogen and oxygen atoms in total. The highest BCUT2D eigenvalue weighted by Crippen LogP contribution is 2.13. The first-order chi connectivity index (χ1) is 12.0. The topological polar surface area (TPSA) is 62.0 Å². The van der Waals surface area contributed by atoms with E-state index in [0.717, 1.165) is 22.0 Å². The number of aryl methyl sites for hydroxylation is 3. The summed E-state index contributed by atoms with van der Waals surface area (Å²) in [6.07, 6.45) is 1.10. The lowest BCUT2D eigenvalue weighted by atomic mass is 10.1. The highest BCUT2D eigenvalue weighted by atomic mass is 16.1. The number of carbonyl (C=O) groups excluding carboxylic acids is 1. The SMILES string of the molecule is Cc1ccc(CCC(=O)NCc2cc3cc(C)ccc3[nH]c2=O)cc1. The number of hydrogen-bond donors (Lipinski definition) is 2. The van der Waals surface area contributed by atoms with Crippen molar-refractivity contribution in [3.63, 3.8) is 0 Å². The molecule has 0 radical (unpaired) electrons. The highest BCUT2D eigenvalue weighted by Gasteiger charge is 2.06. The fourth-order valence-electron chi connectivity index (χ4n) is 2.80. The lowest BCUT2D eigenvalue weighted by Crippen LogP contribution is -2.26. The number of H-pyrrole nitrogens is 1. The average Bonchev–Trinajstić information content (AvgIpc) is 2.60. The lowest BCUT2D eigenvalue weighted by molar-refractivity contribution is -0.121. The van der Waals surface area contributed by atoms with Crippen LogP contribution < -0.4 is 10.9 Å². The van der Waals surface area contributed by atoms with Gasteiger partial charge in [0.05, 0.1) is 0 Å². The third-order valence-electron chi connectivity index (χ3n) is 4.31. The van der Waals surface area contributed by atoms with E-state index in [9.17, 15) is 9.59 Å². The maximum absolute atomic E-state index is 12.1. The summed E-state index contributed by atoms with van der Waals surface area (Å²) < 4.78 is 0. The molecule has 0 fully saturated rings. The molecule has 0 aliphatic heterocycles. The van der Waals surface area contributed by atoms with Crippen molar-refractivity contribution in [2.75, 3.05) is 0 Å². The molecule has 1 amide bonds. The number of carbonyl (C=O) groups is 1. The molecule has 25 heavy (non-hydrogen) atoms. The number of pyridine rings is 1. The fourth-order valence-corrected chi connectivity index (χ4v) is 2.80. The van der Waals surface area contributed by atoms with Crippen LogP contribution in [0.25, 0.3) is 10.9 Å². The minimum absolute atomic E-state index is 0.0516. The van der Waals surface area contributed by atoms with Crippen molar-refractivity contribution < 1.29 is 4.79 Å². The number of nitrogens with one attached hydrogen (secondary N) is 2. The monoisotopic (exact) mass is 334 g/mol. The maximum Gasteiger partial charge on any atom is 0.253 e. The van der Waals surface area contributed by atoms with E-state index in [0.29, 0.717) is 18.4 Å². The van der Waals surface area contributed by atoms with Gasteiger partial charge in [0.1, 0.15) is 0 Å². The average molecular weight is 334 g/mol. The van der Waals surface area contributed by atoms with Gasteiger partial charge in [-0.1, -0.05) is 41.5 Å². The number of amides is 1. The van der Waals surface area contributed by atoms with Gasteiger partial charge in [-0.2, -0.15) is 0 Å². The molecule has 2 aromatic carbocycles. The summed E-state index contributed by atoms with van der Waals surface area (Å²) in [4.78, 5) is 27.1. The van der Waals surface area contributed by atoms with E-state index in [1.165, 1.54) is 5.56 Å². The van der Waals surface area contributed by atoms with Crippen molar-refractivity contribution in [3.8, 4) is 0 Å². The molecular weight excluding hydrogens is 312 g/mol. The summed E-state index contributed by atoms with van der Waals surface area (Å²) >= 11 is 0. The second-order valence-electron chi connectivity index (χ2n) is 6.48. The summed E-state index contributed by atoms with van der Waals surface area (Å²) in [6.45, 7) is 4.29. The zero-order valence-electron chi connectivity index (χ0n) is 14.6. The summed E-state index contributed by atoms with van der Waals surface area (Å²) in [5.41, 5.74) is 4.70. The molecule has 0 bridgehead atoms. The van der Waals surface area contributed by atoms with Crippen molar-refractivity contribution in [3.05, 3.63) is 81.1 Å². The van der Waals surface area contributed by atoms with Crippen LogP contribution in [0.1, 0.15) is 28.7 Å². The van der Waals surface area contributed by atoms with Crippen LogP contribution >= 0.6 is 0 Å². The maximum atomic E-state index is 12.1. The van der Waals surface area contributed by atoms with E-state index in [-0.39, 0.29) is 18.0 Å². The van der Waals surface area contributed by atoms with Gasteiger partial charge in [-0.25, -0.2) is 0 Å². The molecule has 1 aromatic heterocycles. The largest absolute Gasteiger partial charge is 0.352 e. The van der Waals surface area contributed by atoms with Crippen LogP contribution in [0, 0.1) is 13.8 Å². The fraction of sp³-hybridized carbons (Fsp3) is 0.238. The van der Waals surface area contributed by atoms with Crippen molar-refractivity contribution in [1.29, 1.82) is 0 Å². The predicted molar refractivity (Wildman–Crippen MR) is 101 cm³/mol. The van der Waals surface area contributed by atoms with Crippen LogP contribution in [-0.4, -0.2) is 10.9 Å². The van der Waals surface area contributed by atoms with Crippen molar-refractivity contribution in [2.24, 2.45) is 0 Å². The number of aromatic nitrogens is 1. The summed E-state index contributed by atoms with van der Waals surface area (Å²) in [6, 6.07) is 15.9. The van der Waals surface area contributed by atoms with Gasteiger partial charge in [0.15, 0.2) is 0 Å². The molecule has 0 aliphatic rings. The molecule has 0 spiro atoms. The molecule has 0 saturated heterocycles. The van der Waals surface area contributed by atoms with Crippen molar-refractivity contribution in [1.82, 2.24) is 10.3 Å². The first kappa shape index (κ1) is 17.0. The Balaban J connectivity index is 1.61. The van der Waals surface area contributed by atoms with Gasteiger partial charge in [-0.15, -0.1) is 0 Å².